The summed E-state index contributed by atoms with van der Waals surface area (Å²) in [6, 6.07) is 1.90. The quantitative estimate of drug-likeness (QED) is 0.790. The largest absolute Gasteiger partial charge is 0.495 e. The van der Waals surface area contributed by atoms with Crippen LogP contribution in [-0.4, -0.2) is 20.8 Å². The molecule has 1 heterocycles. The number of rotatable bonds is 6. The van der Waals surface area contributed by atoms with Gasteiger partial charge in [-0.3, -0.25) is 0 Å². The average molecular weight is 290 g/mol. The molecule has 114 valence electrons. The van der Waals surface area contributed by atoms with Gasteiger partial charge in [-0.05, 0) is 32.4 Å². The van der Waals surface area contributed by atoms with E-state index in [4.69, 9.17) is 18.6 Å². The molecule has 0 fully saturated rings. The highest BCUT2D eigenvalue weighted by Gasteiger charge is 2.23. The number of allylic oxidation sites excluding steroid dienone is 2. The van der Waals surface area contributed by atoms with Crippen LogP contribution in [0.3, 0.4) is 0 Å². The summed E-state index contributed by atoms with van der Waals surface area (Å²) in [5.74, 6) is 1.50. The molecule has 1 aromatic carbocycles. The van der Waals surface area contributed by atoms with E-state index in [0.717, 1.165) is 27.8 Å². The number of benzene rings is 1. The van der Waals surface area contributed by atoms with Gasteiger partial charge in [0, 0.05) is 17.7 Å². The number of furan rings is 1. The van der Waals surface area contributed by atoms with Crippen LogP contribution < -0.4 is 9.47 Å². The van der Waals surface area contributed by atoms with Gasteiger partial charge in [0.15, 0.2) is 11.3 Å². The second-order valence-corrected chi connectivity index (χ2v) is 4.69. The first-order valence-electron chi connectivity index (χ1n) is 7.04. The Morgan fingerprint density at radius 3 is 2.52 bits per heavy atom. The van der Waals surface area contributed by atoms with Gasteiger partial charge in [0.25, 0.3) is 0 Å². The molecule has 0 amide bonds. The molecule has 4 heteroatoms. The molecule has 2 aromatic rings. The maximum atomic E-state index is 5.65. The molecule has 0 aliphatic heterocycles. The minimum Gasteiger partial charge on any atom is -0.495 e. The van der Waals surface area contributed by atoms with Crippen molar-refractivity contribution >= 4 is 16.5 Å². The Labute approximate surface area is 125 Å². The van der Waals surface area contributed by atoms with Crippen LogP contribution in [0.4, 0.5) is 0 Å². The van der Waals surface area contributed by atoms with Gasteiger partial charge >= 0.3 is 0 Å². The molecule has 2 rings (SSSR count). The summed E-state index contributed by atoms with van der Waals surface area (Å²) in [6.45, 7) is 7.12. The van der Waals surface area contributed by atoms with Gasteiger partial charge in [0.1, 0.15) is 5.75 Å². The summed E-state index contributed by atoms with van der Waals surface area (Å²) in [5.41, 5.74) is 3.77. The van der Waals surface area contributed by atoms with Crippen LogP contribution in [0, 0.1) is 0 Å². The molecule has 1 aromatic heterocycles. The van der Waals surface area contributed by atoms with Crippen LogP contribution in [-0.2, 0) is 11.3 Å². The van der Waals surface area contributed by atoms with Crippen LogP contribution in [0.1, 0.15) is 31.9 Å². The van der Waals surface area contributed by atoms with E-state index in [1.54, 1.807) is 20.5 Å². The fourth-order valence-electron chi connectivity index (χ4n) is 2.52. The summed E-state index contributed by atoms with van der Waals surface area (Å²) in [4.78, 5) is 0. The maximum absolute atomic E-state index is 5.65. The highest BCUT2D eigenvalue weighted by atomic mass is 16.5. The zero-order valence-electron chi connectivity index (χ0n) is 13.3. The van der Waals surface area contributed by atoms with Crippen molar-refractivity contribution in [1.29, 1.82) is 0 Å². The Morgan fingerprint density at radius 2 is 1.95 bits per heavy atom. The maximum Gasteiger partial charge on any atom is 0.179 e. The lowest BCUT2D eigenvalue weighted by molar-refractivity contribution is 0.131. The van der Waals surface area contributed by atoms with Crippen molar-refractivity contribution in [2.24, 2.45) is 0 Å². The van der Waals surface area contributed by atoms with E-state index in [2.05, 4.69) is 13.0 Å². The smallest absolute Gasteiger partial charge is 0.179 e. The number of fused-ring (bicyclic) bond motifs is 1. The first-order chi connectivity index (χ1) is 10.2. The Morgan fingerprint density at radius 1 is 1.24 bits per heavy atom. The predicted octanol–water partition coefficient (Wildman–Crippen LogP) is 4.41. The summed E-state index contributed by atoms with van der Waals surface area (Å²) >= 11 is 0. The van der Waals surface area contributed by atoms with Crippen LogP contribution in [0.25, 0.3) is 16.5 Å². The topological polar surface area (TPSA) is 40.8 Å². The van der Waals surface area contributed by atoms with Crippen LogP contribution in [0.15, 0.2) is 22.8 Å². The third-order valence-electron chi connectivity index (χ3n) is 3.61. The summed E-state index contributed by atoms with van der Waals surface area (Å²) < 4.78 is 22.4. The van der Waals surface area contributed by atoms with E-state index in [0.29, 0.717) is 24.5 Å². The SMILES string of the molecule is C/C=C(\C)c1c(COCC)c(OC)c2occc2c1OC. The minimum atomic E-state index is 0.452. The Kier molecular flexibility index (Phi) is 4.91. The van der Waals surface area contributed by atoms with Crippen molar-refractivity contribution in [2.75, 3.05) is 20.8 Å². The molecule has 0 unspecified atom stereocenters. The second-order valence-electron chi connectivity index (χ2n) is 4.69. The molecule has 0 atom stereocenters. The third-order valence-corrected chi connectivity index (χ3v) is 3.61. The van der Waals surface area contributed by atoms with E-state index >= 15 is 0 Å². The van der Waals surface area contributed by atoms with E-state index in [1.807, 2.05) is 19.9 Å². The average Bonchev–Trinajstić information content (AvgIpc) is 2.99. The van der Waals surface area contributed by atoms with Crippen molar-refractivity contribution in [3.05, 3.63) is 29.5 Å². The number of hydrogen-bond donors (Lipinski definition) is 0. The van der Waals surface area contributed by atoms with Crippen LogP contribution in [0.5, 0.6) is 11.5 Å². The lowest BCUT2D eigenvalue weighted by atomic mass is 9.96. The second kappa shape index (κ2) is 6.68. The first kappa shape index (κ1) is 15.4. The lowest BCUT2D eigenvalue weighted by Crippen LogP contribution is -2.04. The van der Waals surface area contributed by atoms with E-state index in [9.17, 15) is 0 Å². The van der Waals surface area contributed by atoms with Crippen molar-refractivity contribution in [2.45, 2.75) is 27.4 Å². The van der Waals surface area contributed by atoms with Crippen LogP contribution >= 0.6 is 0 Å². The fraction of sp³-hybridized carbons (Fsp3) is 0.412. The van der Waals surface area contributed by atoms with Gasteiger partial charge in [-0.15, -0.1) is 0 Å². The summed E-state index contributed by atoms with van der Waals surface area (Å²) in [5, 5.41) is 0.908. The zero-order valence-corrected chi connectivity index (χ0v) is 13.3. The standard InChI is InChI=1S/C17H22O4/c1-6-11(3)14-13(10-20-7-2)16(19-5)17-12(8-9-21-17)15(14)18-4/h6,8-9H,7,10H2,1-5H3/b11-6+. The van der Waals surface area contributed by atoms with Crippen LogP contribution in [0.2, 0.25) is 0 Å². The molecule has 0 bridgehead atoms. The molecule has 0 N–H and O–H groups in total. The van der Waals surface area contributed by atoms with E-state index in [1.165, 1.54) is 0 Å². The van der Waals surface area contributed by atoms with Crippen molar-refractivity contribution in [3.8, 4) is 11.5 Å². The van der Waals surface area contributed by atoms with Gasteiger partial charge in [-0.1, -0.05) is 6.08 Å². The fourth-order valence-corrected chi connectivity index (χ4v) is 2.52. The number of methoxy groups -OCH3 is 2. The molecule has 0 aliphatic rings. The molecular weight excluding hydrogens is 268 g/mol. The monoisotopic (exact) mass is 290 g/mol. The van der Waals surface area contributed by atoms with E-state index in [-0.39, 0.29) is 0 Å². The Hall–Kier alpha value is -1.94. The Bertz CT molecular complexity index is 652. The molecule has 0 spiro atoms. The molecule has 0 aliphatic carbocycles. The molecule has 0 radical (unpaired) electrons. The van der Waals surface area contributed by atoms with Gasteiger partial charge < -0.3 is 18.6 Å². The highest BCUT2D eigenvalue weighted by Crippen LogP contribution is 2.44. The molecule has 4 nitrogen and oxygen atoms in total. The third kappa shape index (κ3) is 2.63. The van der Waals surface area contributed by atoms with Gasteiger partial charge in [-0.25, -0.2) is 0 Å². The van der Waals surface area contributed by atoms with E-state index < -0.39 is 0 Å². The normalized spacial score (nSPS) is 12.0. The molecule has 0 saturated heterocycles. The number of hydrogen-bond acceptors (Lipinski definition) is 4. The minimum absolute atomic E-state index is 0.452. The zero-order chi connectivity index (χ0) is 15.4. The summed E-state index contributed by atoms with van der Waals surface area (Å²) in [6.07, 6.45) is 3.70. The van der Waals surface area contributed by atoms with Gasteiger partial charge in [0.05, 0.1) is 32.5 Å². The molecule has 0 saturated carbocycles. The van der Waals surface area contributed by atoms with Crippen molar-refractivity contribution in [1.82, 2.24) is 0 Å². The molecule has 21 heavy (non-hydrogen) atoms. The highest BCUT2D eigenvalue weighted by molar-refractivity contribution is 5.96. The summed E-state index contributed by atoms with van der Waals surface area (Å²) in [7, 11) is 3.32. The first-order valence-corrected chi connectivity index (χ1v) is 7.04. The number of ether oxygens (including phenoxy) is 3. The van der Waals surface area contributed by atoms with Gasteiger partial charge in [-0.2, -0.15) is 0 Å². The lowest BCUT2D eigenvalue weighted by Gasteiger charge is -2.19. The predicted molar refractivity (Wildman–Crippen MR) is 84.0 cm³/mol. The van der Waals surface area contributed by atoms with Crippen molar-refractivity contribution in [3.63, 3.8) is 0 Å². The van der Waals surface area contributed by atoms with Crippen molar-refractivity contribution < 1.29 is 18.6 Å². The Balaban J connectivity index is 2.85. The van der Waals surface area contributed by atoms with Gasteiger partial charge in [0.2, 0.25) is 0 Å². The molecular formula is C17H22O4.